The van der Waals surface area contributed by atoms with Crippen LogP contribution in [0.5, 0.6) is 0 Å². The SMILES string of the molecule is CN=C(NCc1cnc(C)s1)NCC(c1ccc(F)cc1)N1CCOCC1. The van der Waals surface area contributed by atoms with Crippen LogP contribution in [0.1, 0.15) is 21.5 Å². The van der Waals surface area contributed by atoms with Crippen molar-refractivity contribution in [1.29, 1.82) is 0 Å². The van der Waals surface area contributed by atoms with E-state index in [-0.39, 0.29) is 11.9 Å². The van der Waals surface area contributed by atoms with Crippen LogP contribution in [0.25, 0.3) is 0 Å². The van der Waals surface area contributed by atoms with Crippen LogP contribution >= 0.6 is 11.3 Å². The molecule has 6 nitrogen and oxygen atoms in total. The quantitative estimate of drug-likeness (QED) is 0.585. The maximum Gasteiger partial charge on any atom is 0.191 e. The Kier molecular flexibility index (Phi) is 7.14. The van der Waals surface area contributed by atoms with E-state index in [0.717, 1.165) is 42.8 Å². The number of halogens is 1. The molecule has 2 N–H and O–H groups in total. The molecule has 2 aromatic rings. The lowest BCUT2D eigenvalue weighted by Gasteiger charge is -2.35. The highest BCUT2D eigenvalue weighted by atomic mass is 32.1. The highest BCUT2D eigenvalue weighted by molar-refractivity contribution is 7.11. The number of morpholine rings is 1. The van der Waals surface area contributed by atoms with Crippen molar-refractivity contribution in [2.45, 2.75) is 19.5 Å². The summed E-state index contributed by atoms with van der Waals surface area (Å²) >= 11 is 1.67. The fourth-order valence-corrected chi connectivity index (χ4v) is 3.84. The van der Waals surface area contributed by atoms with E-state index in [0.29, 0.717) is 13.1 Å². The van der Waals surface area contributed by atoms with Crippen molar-refractivity contribution in [3.63, 3.8) is 0 Å². The first-order valence-electron chi connectivity index (χ1n) is 9.09. The van der Waals surface area contributed by atoms with Gasteiger partial charge in [-0.3, -0.25) is 9.89 Å². The Hall–Kier alpha value is -2.03. The van der Waals surface area contributed by atoms with E-state index >= 15 is 0 Å². The van der Waals surface area contributed by atoms with Gasteiger partial charge >= 0.3 is 0 Å². The second kappa shape index (κ2) is 9.77. The minimum absolute atomic E-state index is 0.124. The monoisotopic (exact) mass is 391 g/mol. The third-order valence-electron chi connectivity index (χ3n) is 4.53. The Bertz CT molecular complexity index is 743. The summed E-state index contributed by atoms with van der Waals surface area (Å²) in [4.78, 5) is 12.1. The van der Waals surface area contributed by atoms with Gasteiger partial charge in [-0.15, -0.1) is 11.3 Å². The van der Waals surface area contributed by atoms with Crippen LogP contribution in [0.15, 0.2) is 35.5 Å². The van der Waals surface area contributed by atoms with E-state index in [9.17, 15) is 4.39 Å². The predicted octanol–water partition coefficient (Wildman–Crippen LogP) is 2.33. The topological polar surface area (TPSA) is 61.8 Å². The zero-order valence-electron chi connectivity index (χ0n) is 15.7. The molecular formula is C19H26FN5OS. The minimum atomic E-state index is -0.218. The van der Waals surface area contributed by atoms with Crippen molar-refractivity contribution in [2.75, 3.05) is 39.9 Å². The minimum Gasteiger partial charge on any atom is -0.379 e. The van der Waals surface area contributed by atoms with Crippen LogP contribution in [0.2, 0.25) is 0 Å². The molecule has 146 valence electrons. The Morgan fingerprint density at radius 1 is 1.30 bits per heavy atom. The van der Waals surface area contributed by atoms with Crippen molar-refractivity contribution in [3.8, 4) is 0 Å². The third-order valence-corrected chi connectivity index (χ3v) is 5.44. The number of benzene rings is 1. The number of hydrogen-bond donors (Lipinski definition) is 2. The molecule has 2 heterocycles. The van der Waals surface area contributed by atoms with Gasteiger partial charge in [-0.25, -0.2) is 9.37 Å². The van der Waals surface area contributed by atoms with Crippen LogP contribution in [0, 0.1) is 12.7 Å². The molecule has 0 aliphatic carbocycles. The summed E-state index contributed by atoms with van der Waals surface area (Å²) in [5.41, 5.74) is 1.08. The molecule has 0 spiro atoms. The lowest BCUT2D eigenvalue weighted by Crippen LogP contribution is -2.46. The Labute approximate surface area is 163 Å². The largest absolute Gasteiger partial charge is 0.379 e. The van der Waals surface area contributed by atoms with Gasteiger partial charge in [-0.1, -0.05) is 12.1 Å². The number of aromatic nitrogens is 1. The summed E-state index contributed by atoms with van der Waals surface area (Å²) in [5, 5.41) is 7.78. The number of rotatable bonds is 6. The van der Waals surface area contributed by atoms with E-state index in [4.69, 9.17) is 4.74 Å². The highest BCUT2D eigenvalue weighted by Crippen LogP contribution is 2.21. The molecule has 8 heteroatoms. The molecule has 0 saturated carbocycles. The third kappa shape index (κ3) is 5.72. The van der Waals surface area contributed by atoms with Crippen LogP contribution < -0.4 is 10.6 Å². The average Bonchev–Trinajstić information content (AvgIpc) is 3.11. The summed E-state index contributed by atoms with van der Waals surface area (Å²) < 4.78 is 18.8. The first-order valence-corrected chi connectivity index (χ1v) is 9.90. The zero-order chi connectivity index (χ0) is 19.1. The Morgan fingerprint density at radius 3 is 2.67 bits per heavy atom. The van der Waals surface area contributed by atoms with E-state index in [1.54, 1.807) is 18.4 Å². The van der Waals surface area contributed by atoms with Gasteiger partial charge in [0, 0.05) is 37.8 Å². The maximum atomic E-state index is 13.3. The van der Waals surface area contributed by atoms with Gasteiger partial charge in [-0.05, 0) is 24.6 Å². The van der Waals surface area contributed by atoms with E-state index in [1.165, 1.54) is 17.0 Å². The molecule has 0 bridgehead atoms. The first-order chi connectivity index (χ1) is 13.2. The summed E-state index contributed by atoms with van der Waals surface area (Å²) in [5.74, 6) is 0.520. The molecule has 0 radical (unpaired) electrons. The van der Waals surface area contributed by atoms with Gasteiger partial charge in [0.05, 0.1) is 30.8 Å². The first kappa shape index (κ1) is 19.7. The smallest absolute Gasteiger partial charge is 0.191 e. The molecule has 1 fully saturated rings. The van der Waals surface area contributed by atoms with Crippen molar-refractivity contribution >= 4 is 17.3 Å². The maximum absolute atomic E-state index is 13.3. The second-order valence-electron chi connectivity index (χ2n) is 6.37. The van der Waals surface area contributed by atoms with Crippen LogP contribution in [-0.2, 0) is 11.3 Å². The number of thiazole rings is 1. The molecule has 1 aliphatic heterocycles. The fraction of sp³-hybridized carbons (Fsp3) is 0.474. The fourth-order valence-electron chi connectivity index (χ4n) is 3.10. The standard InChI is InChI=1S/C19H26FN5OS/c1-14-22-11-17(27-14)12-23-19(21-2)24-13-18(25-7-9-26-10-8-25)15-3-5-16(20)6-4-15/h3-6,11,18H,7-10,12-13H2,1-2H3,(H2,21,23,24). The van der Waals surface area contributed by atoms with Crippen molar-refractivity contribution in [2.24, 2.45) is 4.99 Å². The number of nitrogens with zero attached hydrogens (tertiary/aromatic N) is 3. The lowest BCUT2D eigenvalue weighted by molar-refractivity contribution is 0.0170. The normalized spacial score (nSPS) is 16.9. The van der Waals surface area contributed by atoms with Gasteiger partial charge in [0.15, 0.2) is 5.96 Å². The molecule has 3 rings (SSSR count). The molecule has 1 atom stereocenters. The number of guanidine groups is 1. The highest BCUT2D eigenvalue weighted by Gasteiger charge is 2.23. The summed E-state index contributed by atoms with van der Waals surface area (Å²) in [6.45, 7) is 6.50. The second-order valence-corrected chi connectivity index (χ2v) is 7.69. The van der Waals surface area contributed by atoms with E-state index in [1.807, 2.05) is 25.3 Å². The molecule has 1 aromatic carbocycles. The number of hydrogen-bond acceptors (Lipinski definition) is 5. The van der Waals surface area contributed by atoms with Crippen LogP contribution in [-0.4, -0.2) is 55.7 Å². The van der Waals surface area contributed by atoms with Gasteiger partial charge in [-0.2, -0.15) is 0 Å². The molecule has 1 unspecified atom stereocenters. The van der Waals surface area contributed by atoms with E-state index in [2.05, 4.69) is 25.5 Å². The lowest BCUT2D eigenvalue weighted by atomic mass is 10.0. The molecule has 27 heavy (non-hydrogen) atoms. The number of aliphatic imine (C=N–C) groups is 1. The predicted molar refractivity (Wildman–Crippen MR) is 107 cm³/mol. The number of nitrogens with one attached hydrogen (secondary N) is 2. The molecule has 1 saturated heterocycles. The molecule has 0 amide bonds. The Balaban J connectivity index is 1.62. The van der Waals surface area contributed by atoms with Gasteiger partial charge in [0.1, 0.15) is 5.82 Å². The summed E-state index contributed by atoms with van der Waals surface area (Å²) in [6.07, 6.45) is 1.88. The Morgan fingerprint density at radius 2 is 2.04 bits per heavy atom. The van der Waals surface area contributed by atoms with E-state index < -0.39 is 0 Å². The van der Waals surface area contributed by atoms with Crippen molar-refractivity contribution in [3.05, 3.63) is 51.7 Å². The van der Waals surface area contributed by atoms with Crippen molar-refractivity contribution < 1.29 is 9.13 Å². The van der Waals surface area contributed by atoms with Gasteiger partial charge in [0.25, 0.3) is 0 Å². The number of aryl methyl sites for hydroxylation is 1. The van der Waals surface area contributed by atoms with Gasteiger partial charge in [0.2, 0.25) is 0 Å². The summed E-state index contributed by atoms with van der Waals surface area (Å²) in [6, 6.07) is 6.86. The zero-order valence-corrected chi connectivity index (χ0v) is 16.6. The summed E-state index contributed by atoms with van der Waals surface area (Å²) in [7, 11) is 1.76. The van der Waals surface area contributed by atoms with Crippen molar-refractivity contribution in [1.82, 2.24) is 20.5 Å². The molecular weight excluding hydrogens is 365 g/mol. The van der Waals surface area contributed by atoms with Crippen LogP contribution in [0.4, 0.5) is 4.39 Å². The molecule has 1 aromatic heterocycles. The van der Waals surface area contributed by atoms with Crippen LogP contribution in [0.3, 0.4) is 0 Å². The molecule has 1 aliphatic rings. The van der Waals surface area contributed by atoms with Gasteiger partial charge < -0.3 is 15.4 Å². The number of ether oxygens (including phenoxy) is 1. The average molecular weight is 392 g/mol.